The number of nitrogens with one attached hydrogen (secondary N) is 3. The molecule has 0 aliphatic heterocycles. The molecule has 1 unspecified atom stereocenters. The first-order valence-electron chi connectivity index (χ1n) is 9.70. The minimum absolute atomic E-state index is 0. The van der Waals surface area contributed by atoms with E-state index < -0.39 is 11.7 Å². The highest BCUT2D eigenvalue weighted by molar-refractivity contribution is 14.0. The minimum atomic E-state index is -0.508. The van der Waals surface area contributed by atoms with E-state index >= 15 is 0 Å². The Morgan fingerprint density at radius 3 is 2.32 bits per heavy atom. The number of alkyl carbamates (subject to hydrolysis) is 1. The van der Waals surface area contributed by atoms with Crippen LogP contribution in [0.3, 0.4) is 0 Å². The number of methoxy groups -OCH3 is 1. The molecule has 0 bridgehead atoms. The second kappa shape index (κ2) is 16.0. The molecule has 3 N–H and O–H groups in total. The number of hydrogen-bond donors (Lipinski definition) is 3. The van der Waals surface area contributed by atoms with Crippen molar-refractivity contribution in [1.82, 2.24) is 20.9 Å². The highest BCUT2D eigenvalue weighted by Gasteiger charge is 2.21. The highest BCUT2D eigenvalue weighted by Crippen LogP contribution is 2.08. The summed E-state index contributed by atoms with van der Waals surface area (Å²) >= 11 is 0. The molecule has 8 nitrogen and oxygen atoms in total. The molecule has 0 saturated heterocycles. The summed E-state index contributed by atoms with van der Waals surface area (Å²) < 4.78 is 10.4. The lowest BCUT2D eigenvalue weighted by atomic mass is 10.0. The molecular formula is C19H42IN5O3. The van der Waals surface area contributed by atoms with Crippen LogP contribution in [0.15, 0.2) is 4.99 Å². The Kier molecular flexibility index (Phi) is 16.8. The molecule has 1 atom stereocenters. The van der Waals surface area contributed by atoms with Crippen molar-refractivity contribution in [3.63, 3.8) is 0 Å². The monoisotopic (exact) mass is 515 g/mol. The van der Waals surface area contributed by atoms with E-state index in [-0.39, 0.29) is 35.9 Å². The molecule has 0 radical (unpaired) electrons. The van der Waals surface area contributed by atoms with Gasteiger partial charge >= 0.3 is 6.09 Å². The van der Waals surface area contributed by atoms with Crippen molar-refractivity contribution in [2.24, 2.45) is 10.9 Å². The number of carbonyl (C=O) groups excluding carboxylic acids is 1. The van der Waals surface area contributed by atoms with E-state index in [1.807, 2.05) is 20.8 Å². The molecule has 0 fully saturated rings. The zero-order chi connectivity index (χ0) is 20.9. The first-order chi connectivity index (χ1) is 12.6. The smallest absolute Gasteiger partial charge is 0.407 e. The number of amides is 1. The molecule has 0 aliphatic carbocycles. The molecule has 0 aromatic carbocycles. The summed E-state index contributed by atoms with van der Waals surface area (Å²) in [6.45, 7) is 13.7. The van der Waals surface area contributed by atoms with Crippen molar-refractivity contribution < 1.29 is 14.3 Å². The van der Waals surface area contributed by atoms with Crippen LogP contribution in [-0.4, -0.2) is 82.6 Å². The van der Waals surface area contributed by atoms with Crippen LogP contribution in [0, 0.1) is 5.92 Å². The summed E-state index contributed by atoms with van der Waals surface area (Å²) in [6.07, 6.45) is 0.621. The number of likely N-dealkylation sites (N-methyl/N-ethyl adjacent to an activating group) is 1. The van der Waals surface area contributed by atoms with Crippen molar-refractivity contribution in [2.75, 3.05) is 54.0 Å². The van der Waals surface area contributed by atoms with E-state index in [0.29, 0.717) is 6.54 Å². The molecule has 0 spiro atoms. The SMILES string of the molecule is CN=C(NCCN(C)CCCOC)NCC(NC(=O)OC(C)(C)C)C(C)C.I. The predicted octanol–water partition coefficient (Wildman–Crippen LogP) is 2.29. The van der Waals surface area contributed by atoms with Crippen LogP contribution in [0.2, 0.25) is 0 Å². The van der Waals surface area contributed by atoms with Crippen molar-refractivity contribution in [3.8, 4) is 0 Å². The summed E-state index contributed by atoms with van der Waals surface area (Å²) in [6, 6.07) is -0.0601. The Labute approximate surface area is 188 Å². The van der Waals surface area contributed by atoms with Gasteiger partial charge in [0, 0.05) is 46.9 Å². The van der Waals surface area contributed by atoms with E-state index in [1.165, 1.54) is 0 Å². The summed E-state index contributed by atoms with van der Waals surface area (Å²) in [7, 11) is 5.55. The van der Waals surface area contributed by atoms with Gasteiger partial charge < -0.3 is 30.3 Å². The Hall–Kier alpha value is -0.810. The van der Waals surface area contributed by atoms with E-state index in [0.717, 1.165) is 38.6 Å². The third-order valence-corrected chi connectivity index (χ3v) is 3.89. The van der Waals surface area contributed by atoms with Crippen LogP contribution in [0.5, 0.6) is 0 Å². The van der Waals surface area contributed by atoms with Crippen LogP contribution in [0.25, 0.3) is 0 Å². The third kappa shape index (κ3) is 16.2. The van der Waals surface area contributed by atoms with E-state index in [1.54, 1.807) is 14.2 Å². The lowest BCUT2D eigenvalue weighted by Gasteiger charge is -2.26. The molecular weight excluding hydrogens is 473 g/mol. The van der Waals surface area contributed by atoms with E-state index in [2.05, 4.69) is 46.7 Å². The zero-order valence-electron chi connectivity index (χ0n) is 18.9. The first-order valence-corrected chi connectivity index (χ1v) is 9.70. The van der Waals surface area contributed by atoms with Gasteiger partial charge in [-0.3, -0.25) is 4.99 Å². The molecule has 9 heteroatoms. The Morgan fingerprint density at radius 1 is 1.18 bits per heavy atom. The second-order valence-corrected chi connectivity index (χ2v) is 8.03. The number of nitrogens with zero attached hydrogens (tertiary/aromatic N) is 2. The topological polar surface area (TPSA) is 87.2 Å². The molecule has 0 aromatic rings. The highest BCUT2D eigenvalue weighted by atomic mass is 127. The van der Waals surface area contributed by atoms with Crippen molar-refractivity contribution in [3.05, 3.63) is 0 Å². The fraction of sp³-hybridized carbons (Fsp3) is 0.895. The molecule has 0 saturated carbocycles. The number of guanidine groups is 1. The normalized spacial score (nSPS) is 13.1. The van der Waals surface area contributed by atoms with Crippen LogP contribution in [-0.2, 0) is 9.47 Å². The van der Waals surface area contributed by atoms with Gasteiger partial charge in [-0.1, -0.05) is 13.8 Å². The fourth-order valence-corrected chi connectivity index (χ4v) is 2.30. The third-order valence-electron chi connectivity index (χ3n) is 3.89. The molecule has 0 aromatic heterocycles. The zero-order valence-corrected chi connectivity index (χ0v) is 21.3. The molecule has 0 rings (SSSR count). The second-order valence-electron chi connectivity index (χ2n) is 8.03. The maximum atomic E-state index is 12.0. The van der Waals surface area contributed by atoms with Gasteiger partial charge in [-0.05, 0) is 40.2 Å². The van der Waals surface area contributed by atoms with E-state index in [4.69, 9.17) is 9.47 Å². The molecule has 0 aliphatic rings. The lowest BCUT2D eigenvalue weighted by molar-refractivity contribution is 0.0491. The van der Waals surface area contributed by atoms with Crippen molar-refractivity contribution in [2.45, 2.75) is 52.7 Å². The van der Waals surface area contributed by atoms with E-state index in [9.17, 15) is 4.79 Å². The van der Waals surface area contributed by atoms with Gasteiger partial charge in [0.1, 0.15) is 5.60 Å². The lowest BCUT2D eigenvalue weighted by Crippen LogP contribution is -2.50. The van der Waals surface area contributed by atoms with Crippen LogP contribution >= 0.6 is 24.0 Å². The van der Waals surface area contributed by atoms with Gasteiger partial charge in [-0.15, -0.1) is 24.0 Å². The quantitative estimate of drug-likeness (QED) is 0.170. The summed E-state index contributed by atoms with van der Waals surface area (Å²) in [5.74, 6) is 0.979. The molecule has 0 heterocycles. The minimum Gasteiger partial charge on any atom is -0.444 e. The number of aliphatic imine (C=N–C) groups is 1. The average molecular weight is 515 g/mol. The summed E-state index contributed by atoms with van der Waals surface area (Å²) in [4.78, 5) is 18.5. The van der Waals surface area contributed by atoms with Crippen LogP contribution < -0.4 is 16.0 Å². The number of halogens is 1. The van der Waals surface area contributed by atoms with Gasteiger partial charge in [0.05, 0.1) is 6.04 Å². The van der Waals surface area contributed by atoms with Crippen LogP contribution in [0.4, 0.5) is 4.79 Å². The standard InChI is InChI=1S/C19H41N5O3.HI/c1-15(2)16(23-18(25)27-19(3,4)5)14-22-17(20-6)21-10-12-24(7)11-9-13-26-8;/h15-16H,9-14H2,1-8H3,(H,23,25)(H2,20,21,22);1H. The Bertz CT molecular complexity index is 442. The van der Waals surface area contributed by atoms with Crippen molar-refractivity contribution >= 4 is 36.0 Å². The number of rotatable bonds is 11. The summed E-state index contributed by atoms with van der Waals surface area (Å²) in [5.41, 5.74) is -0.508. The van der Waals surface area contributed by atoms with Crippen molar-refractivity contribution in [1.29, 1.82) is 0 Å². The Balaban J connectivity index is 0. The van der Waals surface area contributed by atoms with Gasteiger partial charge in [0.15, 0.2) is 5.96 Å². The Morgan fingerprint density at radius 2 is 1.82 bits per heavy atom. The van der Waals surface area contributed by atoms with Gasteiger partial charge in [-0.2, -0.15) is 0 Å². The largest absolute Gasteiger partial charge is 0.444 e. The predicted molar refractivity (Wildman–Crippen MR) is 127 cm³/mol. The molecule has 1 amide bonds. The number of hydrogen-bond acceptors (Lipinski definition) is 5. The maximum absolute atomic E-state index is 12.0. The van der Waals surface area contributed by atoms with Gasteiger partial charge in [0.25, 0.3) is 0 Å². The average Bonchev–Trinajstić information content (AvgIpc) is 2.55. The number of carbonyl (C=O) groups is 1. The van der Waals surface area contributed by atoms with Gasteiger partial charge in [-0.25, -0.2) is 4.79 Å². The number of ether oxygens (including phenoxy) is 2. The fourth-order valence-electron chi connectivity index (χ4n) is 2.30. The van der Waals surface area contributed by atoms with Gasteiger partial charge in [0.2, 0.25) is 0 Å². The maximum Gasteiger partial charge on any atom is 0.407 e. The molecule has 168 valence electrons. The molecule has 28 heavy (non-hydrogen) atoms. The summed E-state index contributed by atoms with van der Waals surface area (Å²) in [5, 5.41) is 9.50. The van der Waals surface area contributed by atoms with Crippen LogP contribution in [0.1, 0.15) is 41.0 Å². The first kappa shape index (κ1) is 29.4.